The van der Waals surface area contributed by atoms with Gasteiger partial charge in [-0.3, -0.25) is 10.1 Å². The number of hydrogen-bond acceptors (Lipinski definition) is 4. The number of nitrogens with one attached hydrogen (secondary N) is 1. The van der Waals surface area contributed by atoms with Gasteiger partial charge in [0.1, 0.15) is 5.75 Å². The molecule has 1 amide bonds. The lowest BCUT2D eigenvalue weighted by Gasteiger charge is -2.17. The van der Waals surface area contributed by atoms with Crippen LogP contribution in [0.3, 0.4) is 0 Å². The maximum atomic E-state index is 10.8. The number of aliphatic imine (C=N–C) groups is 1. The Morgan fingerprint density at radius 3 is 2.67 bits per heavy atom. The second-order valence-electron chi connectivity index (χ2n) is 7.81. The van der Waals surface area contributed by atoms with Crippen molar-refractivity contribution in [3.8, 4) is 17.0 Å². The van der Waals surface area contributed by atoms with Crippen molar-refractivity contribution in [2.45, 2.75) is 27.7 Å². The standard InChI is InChI=1S/C24H28N4O2/c1-15(2)17(4)13-30-18-9-10-21-20(11-18)23(28-24(25)26-14-29)12-22(27-21)19-8-6-5-7-16(19)3/h5-12,14-15,17H,13H2,1-4H3,(H3,25,26,27,28,29). The van der Waals surface area contributed by atoms with E-state index in [-0.39, 0.29) is 5.96 Å². The molecule has 0 aliphatic carbocycles. The molecule has 0 aliphatic heterocycles. The monoisotopic (exact) mass is 404 g/mol. The minimum absolute atomic E-state index is 0.0213. The number of amides is 1. The molecule has 0 spiro atoms. The molecule has 30 heavy (non-hydrogen) atoms. The van der Waals surface area contributed by atoms with Crippen molar-refractivity contribution in [2.75, 3.05) is 6.61 Å². The SMILES string of the molecule is Cc1ccccc1-c1cc(N=C(N)NC=O)c2cc(OCC(C)C(C)C)ccc2n1. The Morgan fingerprint density at radius 2 is 1.97 bits per heavy atom. The molecule has 3 rings (SSSR count). The van der Waals surface area contributed by atoms with Crippen molar-refractivity contribution in [2.24, 2.45) is 22.6 Å². The number of aromatic nitrogens is 1. The van der Waals surface area contributed by atoms with Gasteiger partial charge in [0.15, 0.2) is 5.96 Å². The van der Waals surface area contributed by atoms with E-state index in [1.165, 1.54) is 0 Å². The summed E-state index contributed by atoms with van der Waals surface area (Å²) in [6.45, 7) is 9.20. The molecular weight excluding hydrogens is 376 g/mol. The van der Waals surface area contributed by atoms with E-state index in [0.717, 1.165) is 33.5 Å². The van der Waals surface area contributed by atoms with Crippen LogP contribution in [-0.2, 0) is 4.79 Å². The summed E-state index contributed by atoms with van der Waals surface area (Å²) in [5, 5.41) is 3.20. The van der Waals surface area contributed by atoms with E-state index < -0.39 is 0 Å². The van der Waals surface area contributed by atoms with Crippen molar-refractivity contribution >= 4 is 29.0 Å². The number of nitrogens with zero attached hydrogens (tertiary/aromatic N) is 2. The van der Waals surface area contributed by atoms with Crippen molar-refractivity contribution < 1.29 is 9.53 Å². The molecule has 0 saturated carbocycles. The lowest BCUT2D eigenvalue weighted by molar-refractivity contribution is -0.108. The van der Waals surface area contributed by atoms with Crippen LogP contribution in [0, 0.1) is 18.8 Å². The van der Waals surface area contributed by atoms with Gasteiger partial charge in [0, 0.05) is 10.9 Å². The number of benzene rings is 2. The van der Waals surface area contributed by atoms with E-state index in [1.54, 1.807) is 0 Å². The van der Waals surface area contributed by atoms with E-state index in [4.69, 9.17) is 15.5 Å². The summed E-state index contributed by atoms with van der Waals surface area (Å²) < 4.78 is 6.00. The highest BCUT2D eigenvalue weighted by atomic mass is 16.5. The lowest BCUT2D eigenvalue weighted by Crippen LogP contribution is -2.29. The highest BCUT2D eigenvalue weighted by Crippen LogP contribution is 2.33. The summed E-state index contributed by atoms with van der Waals surface area (Å²) in [4.78, 5) is 20.0. The summed E-state index contributed by atoms with van der Waals surface area (Å²) >= 11 is 0. The highest BCUT2D eigenvalue weighted by Gasteiger charge is 2.12. The lowest BCUT2D eigenvalue weighted by atomic mass is 9.99. The summed E-state index contributed by atoms with van der Waals surface area (Å²) in [5.74, 6) is 1.75. The van der Waals surface area contributed by atoms with Crippen molar-refractivity contribution in [1.82, 2.24) is 10.3 Å². The summed E-state index contributed by atoms with van der Waals surface area (Å²) in [7, 11) is 0. The Kier molecular flexibility index (Phi) is 6.67. The molecule has 0 bridgehead atoms. The van der Waals surface area contributed by atoms with Gasteiger partial charge >= 0.3 is 0 Å². The van der Waals surface area contributed by atoms with Crippen molar-refractivity contribution in [3.63, 3.8) is 0 Å². The zero-order valence-corrected chi connectivity index (χ0v) is 17.8. The first-order valence-electron chi connectivity index (χ1n) is 10.1. The number of rotatable bonds is 7. The number of carbonyl (C=O) groups excluding carboxylic acids is 1. The van der Waals surface area contributed by atoms with Crippen LogP contribution in [0.15, 0.2) is 53.5 Å². The maximum Gasteiger partial charge on any atom is 0.213 e. The Bertz CT molecular complexity index is 1080. The van der Waals surface area contributed by atoms with E-state index >= 15 is 0 Å². The topological polar surface area (TPSA) is 89.6 Å². The zero-order chi connectivity index (χ0) is 21.7. The average Bonchev–Trinajstić information content (AvgIpc) is 2.72. The van der Waals surface area contributed by atoms with Crippen LogP contribution in [0.4, 0.5) is 5.69 Å². The third kappa shape index (κ3) is 4.95. The highest BCUT2D eigenvalue weighted by molar-refractivity contribution is 5.97. The average molecular weight is 405 g/mol. The summed E-state index contributed by atoms with van der Waals surface area (Å²) in [6.07, 6.45) is 0.506. The third-order valence-electron chi connectivity index (χ3n) is 5.28. The van der Waals surface area contributed by atoms with Gasteiger partial charge in [-0.2, -0.15) is 0 Å². The van der Waals surface area contributed by atoms with E-state index in [0.29, 0.717) is 30.5 Å². The maximum absolute atomic E-state index is 10.8. The second kappa shape index (κ2) is 9.39. The molecule has 156 valence electrons. The Morgan fingerprint density at radius 1 is 1.20 bits per heavy atom. The van der Waals surface area contributed by atoms with Gasteiger partial charge < -0.3 is 10.5 Å². The molecule has 3 aromatic rings. The fraction of sp³-hybridized carbons (Fsp3) is 0.292. The number of carbonyl (C=O) groups is 1. The predicted octanol–water partition coefficient (Wildman–Crippen LogP) is 4.57. The smallest absolute Gasteiger partial charge is 0.213 e. The Labute approximate surface area is 177 Å². The second-order valence-corrected chi connectivity index (χ2v) is 7.81. The minimum atomic E-state index is 0.0213. The minimum Gasteiger partial charge on any atom is -0.493 e. The third-order valence-corrected chi connectivity index (χ3v) is 5.28. The van der Waals surface area contributed by atoms with Gasteiger partial charge in [-0.15, -0.1) is 0 Å². The van der Waals surface area contributed by atoms with Crippen molar-refractivity contribution in [1.29, 1.82) is 0 Å². The van der Waals surface area contributed by atoms with Gasteiger partial charge in [-0.1, -0.05) is 45.0 Å². The first-order chi connectivity index (χ1) is 14.4. The number of hydrogen-bond donors (Lipinski definition) is 2. The van der Waals surface area contributed by atoms with Crippen LogP contribution in [0.2, 0.25) is 0 Å². The molecule has 2 aromatic carbocycles. The molecule has 1 unspecified atom stereocenters. The molecule has 0 saturated heterocycles. The van der Waals surface area contributed by atoms with Crippen LogP contribution >= 0.6 is 0 Å². The molecule has 1 heterocycles. The van der Waals surface area contributed by atoms with Gasteiger partial charge in [0.2, 0.25) is 6.41 Å². The summed E-state index contributed by atoms with van der Waals surface area (Å²) in [5.41, 5.74) is 10.2. The van der Waals surface area contributed by atoms with Crippen LogP contribution < -0.4 is 15.8 Å². The van der Waals surface area contributed by atoms with Crippen LogP contribution in [0.25, 0.3) is 22.2 Å². The molecule has 1 atom stereocenters. The normalized spacial score (nSPS) is 12.8. The number of guanidine groups is 1. The quantitative estimate of drug-likeness (QED) is 0.343. The summed E-state index contributed by atoms with van der Waals surface area (Å²) in [6, 6.07) is 15.7. The molecule has 6 heteroatoms. The predicted molar refractivity (Wildman–Crippen MR) is 122 cm³/mol. The van der Waals surface area contributed by atoms with E-state index in [1.807, 2.05) is 55.5 Å². The van der Waals surface area contributed by atoms with E-state index in [2.05, 4.69) is 31.1 Å². The molecule has 0 aliphatic rings. The molecule has 3 N–H and O–H groups in total. The van der Waals surface area contributed by atoms with Gasteiger partial charge in [-0.25, -0.2) is 9.98 Å². The largest absolute Gasteiger partial charge is 0.493 e. The van der Waals surface area contributed by atoms with Crippen LogP contribution in [-0.4, -0.2) is 24.0 Å². The molecular formula is C24H28N4O2. The van der Waals surface area contributed by atoms with E-state index in [9.17, 15) is 4.79 Å². The molecule has 0 fully saturated rings. The fourth-order valence-electron chi connectivity index (χ4n) is 3.01. The number of aryl methyl sites for hydroxylation is 1. The van der Waals surface area contributed by atoms with Crippen LogP contribution in [0.5, 0.6) is 5.75 Å². The number of ether oxygens (including phenoxy) is 1. The number of fused-ring (bicyclic) bond motifs is 1. The van der Waals surface area contributed by atoms with Crippen LogP contribution in [0.1, 0.15) is 26.3 Å². The van der Waals surface area contributed by atoms with Gasteiger partial charge in [0.05, 0.1) is 23.5 Å². The zero-order valence-electron chi connectivity index (χ0n) is 17.8. The first kappa shape index (κ1) is 21.3. The number of nitrogens with two attached hydrogens (primary N) is 1. The van der Waals surface area contributed by atoms with Gasteiger partial charge in [-0.05, 0) is 48.6 Å². The first-order valence-corrected chi connectivity index (χ1v) is 10.1. The molecule has 1 aromatic heterocycles. The fourth-order valence-corrected chi connectivity index (χ4v) is 3.01. The Hall–Kier alpha value is -3.41. The Balaban J connectivity index is 2.09. The van der Waals surface area contributed by atoms with Crippen molar-refractivity contribution in [3.05, 3.63) is 54.1 Å². The van der Waals surface area contributed by atoms with Gasteiger partial charge in [0.25, 0.3) is 0 Å². The number of pyridine rings is 1. The molecule has 6 nitrogen and oxygen atoms in total. The molecule has 0 radical (unpaired) electrons.